The smallest absolute Gasteiger partial charge is 0.237 e. The van der Waals surface area contributed by atoms with Crippen molar-refractivity contribution in [3.05, 3.63) is 40.7 Å². The van der Waals surface area contributed by atoms with Gasteiger partial charge < -0.3 is 20.3 Å². The highest BCUT2D eigenvalue weighted by Gasteiger charge is 2.28. The van der Waals surface area contributed by atoms with Gasteiger partial charge in [-0.05, 0) is 44.1 Å². The molecule has 0 radical (unpaired) electrons. The number of nitrogens with two attached hydrogens (primary N) is 1. The molecular weight excluding hydrogens is 438 g/mol. The van der Waals surface area contributed by atoms with E-state index in [-0.39, 0.29) is 0 Å². The zero-order valence-corrected chi connectivity index (χ0v) is 19.9. The minimum Gasteiger partial charge on any atom is -0.495 e. The molecule has 2 aromatic heterocycles. The second kappa shape index (κ2) is 11.0. The number of hydrogen-bond donors (Lipinski definition) is 1. The summed E-state index contributed by atoms with van der Waals surface area (Å²) in [6, 6.07) is 7.84. The van der Waals surface area contributed by atoms with Crippen LogP contribution in [0.15, 0.2) is 23.4 Å². The summed E-state index contributed by atoms with van der Waals surface area (Å²) < 4.78 is 5.14. The Morgan fingerprint density at radius 3 is 2.58 bits per heavy atom. The molecule has 0 saturated carbocycles. The number of likely N-dealkylation sites (N-methyl/N-ethyl adjacent to an activating group) is 1. The number of rotatable bonds is 7. The Bertz CT molecular complexity index is 1090. The van der Waals surface area contributed by atoms with Gasteiger partial charge in [-0.2, -0.15) is 10.5 Å². The van der Waals surface area contributed by atoms with Crippen LogP contribution in [0, 0.1) is 22.7 Å². The van der Waals surface area contributed by atoms with E-state index < -0.39 is 11.2 Å². The van der Waals surface area contributed by atoms with Crippen LogP contribution < -0.4 is 15.4 Å². The number of primary amides is 1. The molecular formula is C23H27N7O2S. The molecule has 2 N–H and O–H groups in total. The molecule has 10 heteroatoms. The molecule has 1 aliphatic heterocycles. The van der Waals surface area contributed by atoms with Crippen molar-refractivity contribution < 1.29 is 9.53 Å². The van der Waals surface area contributed by atoms with Gasteiger partial charge in [0.2, 0.25) is 5.91 Å². The maximum absolute atomic E-state index is 12.4. The van der Waals surface area contributed by atoms with Crippen molar-refractivity contribution >= 4 is 23.5 Å². The quantitative estimate of drug-likeness (QED) is 0.611. The third kappa shape index (κ3) is 5.36. The summed E-state index contributed by atoms with van der Waals surface area (Å²) in [6.45, 7) is 5.18. The molecule has 172 valence electrons. The molecule has 1 aliphatic rings. The topological polar surface area (TPSA) is 132 Å². The average molecular weight is 466 g/mol. The highest BCUT2D eigenvalue weighted by atomic mass is 32.2. The number of methoxy groups -OCH3 is 1. The van der Waals surface area contributed by atoms with Crippen molar-refractivity contribution in [2.24, 2.45) is 5.73 Å². The van der Waals surface area contributed by atoms with Crippen LogP contribution >= 0.6 is 11.8 Å². The minimum atomic E-state index is -0.851. The number of nitriles is 2. The first-order valence-electron chi connectivity index (χ1n) is 10.7. The van der Waals surface area contributed by atoms with Crippen molar-refractivity contribution in [2.75, 3.05) is 45.2 Å². The molecule has 1 fully saturated rings. The third-order valence-electron chi connectivity index (χ3n) is 5.60. The molecule has 2 aromatic rings. The summed E-state index contributed by atoms with van der Waals surface area (Å²) in [5, 5.41) is 19.4. The summed E-state index contributed by atoms with van der Waals surface area (Å²) in [4.78, 5) is 25.8. The lowest BCUT2D eigenvalue weighted by Gasteiger charge is -2.25. The van der Waals surface area contributed by atoms with E-state index in [0.29, 0.717) is 45.4 Å². The lowest BCUT2D eigenvalue weighted by Crippen LogP contribution is -2.30. The maximum atomic E-state index is 12.4. The lowest BCUT2D eigenvalue weighted by atomic mass is 10.0. The van der Waals surface area contributed by atoms with Crippen LogP contribution in [0.1, 0.15) is 41.0 Å². The number of amides is 1. The molecule has 3 heterocycles. The summed E-state index contributed by atoms with van der Waals surface area (Å²) in [7, 11) is 3.60. The molecule has 1 amide bonds. The minimum absolute atomic E-state index is 0.300. The van der Waals surface area contributed by atoms with Gasteiger partial charge in [-0.15, -0.1) is 0 Å². The van der Waals surface area contributed by atoms with Gasteiger partial charge in [0.25, 0.3) is 0 Å². The molecule has 3 rings (SSSR count). The lowest BCUT2D eigenvalue weighted by molar-refractivity contribution is -0.117. The van der Waals surface area contributed by atoms with Gasteiger partial charge in [0.05, 0.1) is 30.1 Å². The van der Waals surface area contributed by atoms with Crippen LogP contribution in [0.2, 0.25) is 0 Å². The summed E-state index contributed by atoms with van der Waals surface area (Å²) in [6.07, 6.45) is 2.94. The predicted molar refractivity (Wildman–Crippen MR) is 126 cm³/mol. The summed E-state index contributed by atoms with van der Waals surface area (Å²) in [5.41, 5.74) is 7.51. The van der Waals surface area contributed by atoms with Crippen LogP contribution in [0.25, 0.3) is 0 Å². The van der Waals surface area contributed by atoms with Gasteiger partial charge >= 0.3 is 0 Å². The van der Waals surface area contributed by atoms with Crippen molar-refractivity contribution in [1.82, 2.24) is 14.9 Å². The number of pyridine rings is 2. The van der Waals surface area contributed by atoms with E-state index in [1.165, 1.54) is 13.3 Å². The largest absolute Gasteiger partial charge is 0.495 e. The van der Waals surface area contributed by atoms with Crippen LogP contribution in [0.5, 0.6) is 5.75 Å². The molecule has 1 unspecified atom stereocenters. The van der Waals surface area contributed by atoms with Crippen LogP contribution in [0.3, 0.4) is 0 Å². The number of nitrogens with zero attached hydrogens (tertiary/aromatic N) is 6. The third-order valence-corrected chi connectivity index (χ3v) is 6.82. The Labute approximate surface area is 198 Å². The molecule has 0 bridgehead atoms. The van der Waals surface area contributed by atoms with Crippen molar-refractivity contribution in [3.8, 4) is 17.9 Å². The normalized spacial score (nSPS) is 15.2. The number of carbonyl (C=O) groups excluding carboxylic acids is 1. The second-order valence-electron chi connectivity index (χ2n) is 7.71. The van der Waals surface area contributed by atoms with Gasteiger partial charge in [-0.3, -0.25) is 9.78 Å². The zero-order valence-electron chi connectivity index (χ0n) is 19.0. The van der Waals surface area contributed by atoms with Crippen LogP contribution in [0.4, 0.5) is 5.82 Å². The fraction of sp³-hybridized carbons (Fsp3) is 0.435. The molecule has 33 heavy (non-hydrogen) atoms. The Hall–Kier alpha value is -3.34. The fourth-order valence-electron chi connectivity index (χ4n) is 3.80. The van der Waals surface area contributed by atoms with Crippen molar-refractivity contribution in [2.45, 2.75) is 30.0 Å². The first-order valence-corrected chi connectivity index (χ1v) is 11.6. The van der Waals surface area contributed by atoms with E-state index in [4.69, 9.17) is 15.5 Å². The molecule has 0 spiro atoms. The highest BCUT2D eigenvalue weighted by Crippen LogP contribution is 2.39. The Balaban J connectivity index is 2.10. The van der Waals surface area contributed by atoms with Crippen LogP contribution in [-0.4, -0.2) is 61.1 Å². The van der Waals surface area contributed by atoms with E-state index in [0.717, 1.165) is 44.4 Å². The van der Waals surface area contributed by atoms with Gasteiger partial charge in [-0.25, -0.2) is 4.98 Å². The molecule has 9 nitrogen and oxygen atoms in total. The number of ether oxygens (including phenoxy) is 1. The standard InChI is InChI=1S/C23H27N7O2S/c1-4-16-17(12-24)22(30-9-5-8-29(2)10-11-30)28-23(18(16)13-25)33-20(21(26)31)19-7-6-15(32-3)14-27-19/h6-7,14,20H,4-5,8-11H2,1-3H3,(H2,26,31). The summed E-state index contributed by atoms with van der Waals surface area (Å²) in [5.74, 6) is 0.517. The first-order chi connectivity index (χ1) is 15.9. The summed E-state index contributed by atoms with van der Waals surface area (Å²) >= 11 is 1.09. The first kappa shape index (κ1) is 24.3. The van der Waals surface area contributed by atoms with Crippen molar-refractivity contribution in [3.63, 3.8) is 0 Å². The highest BCUT2D eigenvalue weighted by molar-refractivity contribution is 8.00. The van der Waals surface area contributed by atoms with E-state index in [2.05, 4.69) is 34.0 Å². The second-order valence-corrected chi connectivity index (χ2v) is 8.81. The molecule has 1 atom stereocenters. The fourth-order valence-corrected chi connectivity index (χ4v) is 4.82. The van der Waals surface area contributed by atoms with E-state index >= 15 is 0 Å². The van der Waals surface area contributed by atoms with Crippen LogP contribution in [-0.2, 0) is 11.2 Å². The molecule has 0 aromatic carbocycles. The predicted octanol–water partition coefficient (Wildman–Crippen LogP) is 2.25. The van der Waals surface area contributed by atoms with Gasteiger partial charge in [0, 0.05) is 19.6 Å². The van der Waals surface area contributed by atoms with Gasteiger partial charge in [-0.1, -0.05) is 18.7 Å². The monoisotopic (exact) mass is 465 g/mol. The number of thioether (sulfide) groups is 1. The van der Waals surface area contributed by atoms with E-state index in [1.807, 2.05) is 6.92 Å². The average Bonchev–Trinajstić information content (AvgIpc) is 3.05. The van der Waals surface area contributed by atoms with Crippen molar-refractivity contribution in [1.29, 1.82) is 10.5 Å². The Kier molecular flexibility index (Phi) is 8.10. The number of hydrogen-bond acceptors (Lipinski definition) is 9. The number of anilines is 1. The Morgan fingerprint density at radius 2 is 2.00 bits per heavy atom. The number of aromatic nitrogens is 2. The number of carbonyl (C=O) groups is 1. The van der Waals surface area contributed by atoms with E-state index in [1.54, 1.807) is 12.1 Å². The van der Waals surface area contributed by atoms with E-state index in [9.17, 15) is 15.3 Å². The Morgan fingerprint density at radius 1 is 1.24 bits per heavy atom. The van der Waals surface area contributed by atoms with Gasteiger partial charge in [0.15, 0.2) is 0 Å². The zero-order chi connectivity index (χ0) is 24.0. The van der Waals surface area contributed by atoms with Gasteiger partial charge in [0.1, 0.15) is 34.0 Å². The molecule has 1 saturated heterocycles. The SMILES string of the molecule is CCc1c(C#N)c(SC(C(N)=O)c2ccc(OC)cn2)nc(N2CCCN(C)CC2)c1C#N. The maximum Gasteiger partial charge on any atom is 0.237 e. The molecule has 0 aliphatic carbocycles.